The fourth-order valence-electron chi connectivity index (χ4n) is 1.58. The van der Waals surface area contributed by atoms with Crippen molar-refractivity contribution >= 4 is 11.8 Å². The van der Waals surface area contributed by atoms with E-state index in [1.807, 2.05) is 0 Å². The molecule has 7 heteroatoms. The number of benzene rings is 1. The van der Waals surface area contributed by atoms with Gasteiger partial charge < -0.3 is 9.47 Å². The van der Waals surface area contributed by atoms with E-state index in [0.29, 0.717) is 11.4 Å². The molecular weight excluding hydrogens is 251 g/mol. The average molecular weight is 261 g/mol. The Kier molecular flexibility index (Phi) is 3.31. The molecule has 0 atom stereocenters. The molecule has 0 aliphatic carbocycles. The van der Waals surface area contributed by atoms with Crippen molar-refractivity contribution in [1.82, 2.24) is 0 Å². The zero-order chi connectivity index (χ0) is 13.2. The Morgan fingerprint density at radius 1 is 1.39 bits per heavy atom. The van der Waals surface area contributed by atoms with Crippen LogP contribution in [0.3, 0.4) is 0 Å². The molecule has 1 heterocycles. The maximum absolute atomic E-state index is 12.0. The monoisotopic (exact) mass is 261 g/mol. The van der Waals surface area contributed by atoms with E-state index in [1.54, 1.807) is 24.3 Å². The van der Waals surface area contributed by atoms with Crippen LogP contribution in [0.5, 0.6) is 5.75 Å². The van der Waals surface area contributed by atoms with Crippen molar-refractivity contribution in [1.29, 1.82) is 0 Å². The van der Waals surface area contributed by atoms with Gasteiger partial charge in [0, 0.05) is 0 Å². The van der Waals surface area contributed by atoms with Crippen molar-refractivity contribution in [2.45, 2.75) is 6.18 Å². The number of ether oxygens (including phenoxy) is 2. The minimum atomic E-state index is -4.53. The Morgan fingerprint density at radius 3 is 2.83 bits per heavy atom. The van der Waals surface area contributed by atoms with Gasteiger partial charge in [-0.05, 0) is 12.1 Å². The summed E-state index contributed by atoms with van der Waals surface area (Å²) in [5.41, 5.74) is 0.413. The molecule has 0 fully saturated rings. The van der Waals surface area contributed by atoms with Crippen LogP contribution in [-0.2, 0) is 4.74 Å². The summed E-state index contributed by atoms with van der Waals surface area (Å²) >= 11 is 0. The first-order valence-electron chi connectivity index (χ1n) is 5.20. The number of rotatable bonds is 1. The molecule has 18 heavy (non-hydrogen) atoms. The Labute approximate surface area is 101 Å². The van der Waals surface area contributed by atoms with E-state index in [9.17, 15) is 18.0 Å². The molecule has 0 unspecified atom stereocenters. The lowest BCUT2D eigenvalue weighted by Crippen LogP contribution is -2.39. The van der Waals surface area contributed by atoms with Gasteiger partial charge in [-0.1, -0.05) is 12.1 Å². The molecule has 98 valence electrons. The summed E-state index contributed by atoms with van der Waals surface area (Å²) in [7, 11) is 0. The zero-order valence-electron chi connectivity index (χ0n) is 9.24. The molecule has 1 aliphatic rings. The smallest absolute Gasteiger partial charge is 0.422 e. The van der Waals surface area contributed by atoms with Gasteiger partial charge >= 0.3 is 12.3 Å². The van der Waals surface area contributed by atoms with Gasteiger partial charge in [-0.3, -0.25) is 4.90 Å². The van der Waals surface area contributed by atoms with E-state index in [2.05, 4.69) is 4.74 Å². The quantitative estimate of drug-likeness (QED) is 0.780. The van der Waals surface area contributed by atoms with Gasteiger partial charge in [0.1, 0.15) is 12.4 Å². The van der Waals surface area contributed by atoms with E-state index in [0.717, 1.165) is 4.90 Å². The zero-order valence-corrected chi connectivity index (χ0v) is 9.24. The van der Waals surface area contributed by atoms with Crippen molar-refractivity contribution in [2.24, 2.45) is 0 Å². The third-order valence-electron chi connectivity index (χ3n) is 2.31. The van der Waals surface area contributed by atoms with Crippen LogP contribution in [0.25, 0.3) is 0 Å². The fraction of sp³-hybridized carbons (Fsp3) is 0.364. The Balaban J connectivity index is 2.08. The van der Waals surface area contributed by atoms with Crippen molar-refractivity contribution in [3.63, 3.8) is 0 Å². The number of hydrogen-bond acceptors (Lipinski definition) is 3. The molecule has 1 amide bonds. The van der Waals surface area contributed by atoms with Crippen molar-refractivity contribution < 1.29 is 27.4 Å². The summed E-state index contributed by atoms with van der Waals surface area (Å²) in [5, 5.41) is 0. The normalized spacial score (nSPS) is 14.7. The summed E-state index contributed by atoms with van der Waals surface area (Å²) in [6.07, 6.45) is -5.55. The number of carbonyl (C=O) groups excluding carboxylic acids is 1. The molecule has 1 aromatic rings. The highest BCUT2D eigenvalue weighted by Gasteiger charge is 2.32. The minimum Gasteiger partial charge on any atom is -0.490 e. The largest absolute Gasteiger partial charge is 0.490 e. The second-order valence-corrected chi connectivity index (χ2v) is 3.64. The van der Waals surface area contributed by atoms with Crippen molar-refractivity contribution in [2.75, 3.05) is 24.7 Å². The van der Waals surface area contributed by atoms with Crippen LogP contribution in [0.1, 0.15) is 0 Å². The molecule has 0 aromatic heterocycles. The van der Waals surface area contributed by atoms with Gasteiger partial charge in [-0.15, -0.1) is 0 Å². The lowest BCUT2D eigenvalue weighted by atomic mass is 10.2. The molecule has 4 nitrogen and oxygen atoms in total. The van der Waals surface area contributed by atoms with E-state index in [4.69, 9.17) is 4.74 Å². The van der Waals surface area contributed by atoms with Crippen LogP contribution < -0.4 is 9.64 Å². The lowest BCUT2D eigenvalue weighted by Gasteiger charge is -2.28. The number of hydrogen-bond donors (Lipinski definition) is 0. The second-order valence-electron chi connectivity index (χ2n) is 3.64. The van der Waals surface area contributed by atoms with Gasteiger partial charge in [0.2, 0.25) is 0 Å². The maximum Gasteiger partial charge on any atom is 0.422 e. The van der Waals surface area contributed by atoms with E-state index in [-0.39, 0.29) is 13.2 Å². The first kappa shape index (κ1) is 12.5. The van der Waals surface area contributed by atoms with Gasteiger partial charge in [0.05, 0.1) is 12.2 Å². The van der Waals surface area contributed by atoms with Crippen LogP contribution in [0.15, 0.2) is 24.3 Å². The topological polar surface area (TPSA) is 38.8 Å². The Bertz CT molecular complexity index is 447. The highest BCUT2D eigenvalue weighted by Crippen LogP contribution is 2.31. The van der Waals surface area contributed by atoms with Crippen LogP contribution in [-0.4, -0.2) is 32.0 Å². The summed E-state index contributed by atoms with van der Waals surface area (Å²) in [4.78, 5) is 12.7. The third-order valence-corrected chi connectivity index (χ3v) is 2.31. The minimum absolute atomic E-state index is 0.160. The van der Waals surface area contributed by atoms with Crippen molar-refractivity contribution in [3.05, 3.63) is 24.3 Å². The molecule has 2 rings (SSSR count). The fourth-order valence-corrected chi connectivity index (χ4v) is 1.58. The Morgan fingerprint density at radius 2 is 2.11 bits per heavy atom. The number of fused-ring (bicyclic) bond motifs is 1. The highest BCUT2D eigenvalue weighted by molar-refractivity contribution is 5.90. The van der Waals surface area contributed by atoms with Crippen LogP contribution in [0.4, 0.5) is 23.7 Å². The first-order valence-corrected chi connectivity index (χ1v) is 5.20. The SMILES string of the molecule is O=C(OCC(F)(F)F)N1CCOc2ccccc21. The highest BCUT2D eigenvalue weighted by atomic mass is 19.4. The van der Waals surface area contributed by atoms with E-state index >= 15 is 0 Å². The first-order chi connectivity index (χ1) is 8.47. The number of anilines is 1. The number of amides is 1. The molecular formula is C11H10F3NO3. The number of para-hydroxylation sites is 2. The predicted octanol–water partition coefficient (Wildman–Crippen LogP) is 2.58. The molecule has 0 saturated carbocycles. The van der Waals surface area contributed by atoms with E-state index < -0.39 is 18.9 Å². The van der Waals surface area contributed by atoms with Crippen molar-refractivity contribution in [3.8, 4) is 5.75 Å². The number of halogens is 3. The van der Waals surface area contributed by atoms with Crippen LogP contribution in [0, 0.1) is 0 Å². The van der Waals surface area contributed by atoms with Gasteiger partial charge in [-0.25, -0.2) is 4.79 Å². The third kappa shape index (κ3) is 2.85. The summed E-state index contributed by atoms with van der Waals surface area (Å²) in [6.45, 7) is -1.21. The lowest BCUT2D eigenvalue weighted by molar-refractivity contribution is -0.159. The van der Waals surface area contributed by atoms with Crippen LogP contribution >= 0.6 is 0 Å². The number of nitrogens with zero attached hydrogens (tertiary/aromatic N) is 1. The standard InChI is InChI=1S/C11H10F3NO3/c12-11(13,14)7-18-10(16)15-5-6-17-9-4-2-1-3-8(9)15/h1-4H,5-7H2. The molecule has 0 radical (unpaired) electrons. The number of alkyl halides is 3. The summed E-state index contributed by atoms with van der Waals surface area (Å²) in [6, 6.07) is 6.60. The van der Waals surface area contributed by atoms with Crippen LogP contribution in [0.2, 0.25) is 0 Å². The maximum atomic E-state index is 12.0. The Hall–Kier alpha value is -1.92. The molecule has 1 aromatic carbocycles. The molecule has 0 N–H and O–H groups in total. The van der Waals surface area contributed by atoms with Gasteiger partial charge in [0.15, 0.2) is 6.61 Å². The summed E-state index contributed by atoms with van der Waals surface area (Å²) < 4.78 is 45.4. The van der Waals surface area contributed by atoms with Gasteiger partial charge in [0.25, 0.3) is 0 Å². The summed E-state index contributed by atoms with van der Waals surface area (Å²) in [5.74, 6) is 0.452. The van der Waals surface area contributed by atoms with Gasteiger partial charge in [-0.2, -0.15) is 13.2 Å². The molecule has 1 aliphatic heterocycles. The second kappa shape index (κ2) is 4.75. The molecule has 0 spiro atoms. The molecule has 0 saturated heterocycles. The van der Waals surface area contributed by atoms with E-state index in [1.165, 1.54) is 0 Å². The average Bonchev–Trinajstić information content (AvgIpc) is 2.34. The molecule has 0 bridgehead atoms. The number of carbonyl (C=O) groups is 1. The predicted molar refractivity (Wildman–Crippen MR) is 56.7 cm³/mol.